The molecule has 38 heavy (non-hydrogen) atoms. The number of benzene rings is 1. The van der Waals surface area contributed by atoms with Crippen molar-refractivity contribution >= 4 is 59.2 Å². The average molecular weight is 590 g/mol. The molecule has 2 N–H and O–H groups in total. The molecule has 7 nitrogen and oxygen atoms in total. The van der Waals surface area contributed by atoms with Crippen LogP contribution in [0, 0.1) is 11.6 Å². The molecule has 1 fully saturated rings. The summed E-state index contributed by atoms with van der Waals surface area (Å²) in [4.78, 5) is 22.8. The number of methoxy groups -OCH3 is 1. The summed E-state index contributed by atoms with van der Waals surface area (Å²) >= 11 is 1.45. The van der Waals surface area contributed by atoms with Crippen LogP contribution < -0.4 is 15.4 Å². The highest BCUT2D eigenvalue weighted by Gasteiger charge is 2.29. The largest absolute Gasteiger partial charge is 0.497 e. The third-order valence-electron chi connectivity index (χ3n) is 6.57. The van der Waals surface area contributed by atoms with Crippen molar-refractivity contribution in [2.24, 2.45) is 0 Å². The van der Waals surface area contributed by atoms with Gasteiger partial charge in [-0.05, 0) is 37.6 Å². The first kappa shape index (κ1) is 30.2. The number of hydrogen-bond acceptors (Lipinski definition) is 7. The molecule has 0 radical (unpaired) electrons. The van der Waals surface area contributed by atoms with E-state index in [-0.39, 0.29) is 48.8 Å². The molecule has 1 amide bonds. The fourth-order valence-electron chi connectivity index (χ4n) is 4.64. The molecule has 206 valence electrons. The number of fused-ring (bicyclic) bond motifs is 2. The van der Waals surface area contributed by atoms with Crippen LogP contribution in [0.2, 0.25) is 0 Å². The van der Waals surface area contributed by atoms with E-state index in [1.165, 1.54) is 24.9 Å². The minimum absolute atomic E-state index is 0. The Morgan fingerprint density at radius 3 is 2.82 bits per heavy atom. The van der Waals surface area contributed by atoms with E-state index in [1.807, 2.05) is 17.0 Å². The fraction of sp³-hybridized carbons (Fsp3) is 0.400. The Labute approximate surface area is 235 Å². The van der Waals surface area contributed by atoms with E-state index in [4.69, 9.17) is 4.74 Å². The third kappa shape index (κ3) is 6.63. The number of thioether (sulfide) groups is 1. The molecule has 1 aromatic carbocycles. The molecule has 0 bridgehead atoms. The van der Waals surface area contributed by atoms with Crippen LogP contribution in [0.1, 0.15) is 17.7 Å². The van der Waals surface area contributed by atoms with Crippen molar-refractivity contribution in [2.45, 2.75) is 36.5 Å². The summed E-state index contributed by atoms with van der Waals surface area (Å²) in [5, 5.41) is 6.38. The Hall–Kier alpha value is -2.31. The molecule has 0 spiro atoms. The van der Waals surface area contributed by atoms with Gasteiger partial charge in [0.2, 0.25) is 5.91 Å². The van der Waals surface area contributed by atoms with Crippen LogP contribution in [0.15, 0.2) is 35.4 Å². The number of rotatable bonds is 7. The number of halogens is 5. The molecule has 2 aromatic heterocycles. The summed E-state index contributed by atoms with van der Waals surface area (Å²) < 4.78 is 49.1. The number of likely N-dealkylation sites (tertiary alicyclic amines) is 1. The molecule has 13 heteroatoms. The number of carbonyl (C=O) groups is 1. The molecule has 0 unspecified atom stereocenters. The first-order valence-electron chi connectivity index (χ1n) is 11.7. The van der Waals surface area contributed by atoms with Gasteiger partial charge in [-0.2, -0.15) is 0 Å². The summed E-state index contributed by atoms with van der Waals surface area (Å²) in [7, 11) is 1.42. The third-order valence-corrected chi connectivity index (χ3v) is 7.62. The van der Waals surface area contributed by atoms with Crippen LogP contribution >= 0.6 is 36.6 Å². The predicted molar refractivity (Wildman–Crippen MR) is 147 cm³/mol. The zero-order valence-corrected chi connectivity index (χ0v) is 23.0. The standard InChI is InChI=1S/C25H26F3N5O2S.2ClH/c1-35-15-8-17-16(19(27)11-30-24(17)18(26)9-15)4-6-33-7-5-21(20(28)12-33)29-10-14-2-3-22-25(31-14)32-23(34)13-36-22;;/h2-3,8-9,11,20-21,29H,4-7,10,12-13H2,1H3,(H,31,32,34);2*1H/t20-,21+;;/m1../s1. The number of amides is 1. The maximum atomic E-state index is 15.0. The number of pyridine rings is 2. The molecule has 0 saturated carbocycles. The minimum atomic E-state index is -1.11. The van der Waals surface area contributed by atoms with Gasteiger partial charge >= 0.3 is 0 Å². The van der Waals surface area contributed by atoms with Gasteiger partial charge in [0.05, 0.1) is 29.6 Å². The van der Waals surface area contributed by atoms with Gasteiger partial charge in [0.15, 0.2) is 5.82 Å². The van der Waals surface area contributed by atoms with Gasteiger partial charge < -0.3 is 15.4 Å². The van der Waals surface area contributed by atoms with Crippen LogP contribution in [0.25, 0.3) is 10.9 Å². The SMILES string of the molecule is COc1cc(F)c2ncc(F)c(CCN3CC[C@H](NCc4ccc5c(n4)NC(=O)CS5)[C@H](F)C3)c2c1.Cl.Cl. The molecule has 3 aromatic rings. The van der Waals surface area contributed by atoms with Crippen LogP contribution in [-0.4, -0.2) is 65.5 Å². The number of nitrogens with one attached hydrogen (secondary N) is 2. The van der Waals surface area contributed by atoms with E-state index in [1.54, 1.807) is 6.07 Å². The molecule has 4 heterocycles. The quantitative estimate of drug-likeness (QED) is 0.418. The zero-order valence-electron chi connectivity index (χ0n) is 20.5. The minimum Gasteiger partial charge on any atom is -0.497 e. The Balaban J connectivity index is 0.00000200. The van der Waals surface area contributed by atoms with Crippen molar-refractivity contribution in [3.63, 3.8) is 0 Å². The Kier molecular flexibility index (Phi) is 10.5. The molecular formula is C25H28Cl2F3N5O2S. The highest BCUT2D eigenvalue weighted by molar-refractivity contribution is 8.00. The fourth-order valence-corrected chi connectivity index (χ4v) is 5.40. The maximum absolute atomic E-state index is 15.0. The summed E-state index contributed by atoms with van der Waals surface area (Å²) in [6, 6.07) is 6.26. The lowest BCUT2D eigenvalue weighted by atomic mass is 10.0. The van der Waals surface area contributed by atoms with Gasteiger partial charge in [0.1, 0.15) is 29.1 Å². The Morgan fingerprint density at radius 1 is 1.24 bits per heavy atom. The monoisotopic (exact) mass is 589 g/mol. The summed E-state index contributed by atoms with van der Waals surface area (Å²) in [5.74, 6) is 0.0508. The van der Waals surface area contributed by atoms with Gasteiger partial charge in [-0.3, -0.25) is 14.7 Å². The number of hydrogen-bond donors (Lipinski definition) is 2. The van der Waals surface area contributed by atoms with Crippen LogP contribution in [0.3, 0.4) is 0 Å². The molecular weight excluding hydrogens is 562 g/mol. The van der Waals surface area contributed by atoms with Gasteiger partial charge in [-0.25, -0.2) is 18.2 Å². The molecule has 5 rings (SSSR count). The average Bonchev–Trinajstić information content (AvgIpc) is 2.87. The smallest absolute Gasteiger partial charge is 0.235 e. The summed E-state index contributed by atoms with van der Waals surface area (Å²) in [6.45, 7) is 1.68. The van der Waals surface area contributed by atoms with Gasteiger partial charge in [-0.1, -0.05) is 0 Å². The lowest BCUT2D eigenvalue weighted by Crippen LogP contribution is -2.51. The molecule has 1 saturated heterocycles. The summed E-state index contributed by atoms with van der Waals surface area (Å²) in [5.41, 5.74) is 1.17. The van der Waals surface area contributed by atoms with E-state index in [2.05, 4.69) is 20.6 Å². The number of alkyl halides is 1. The van der Waals surface area contributed by atoms with E-state index in [0.717, 1.165) is 16.8 Å². The molecule has 2 aliphatic rings. The number of aromatic nitrogens is 2. The van der Waals surface area contributed by atoms with Crippen LogP contribution in [0.4, 0.5) is 19.0 Å². The van der Waals surface area contributed by atoms with Gasteiger partial charge in [-0.15, -0.1) is 36.6 Å². The lowest BCUT2D eigenvalue weighted by molar-refractivity contribution is -0.113. The first-order valence-corrected chi connectivity index (χ1v) is 12.7. The highest BCUT2D eigenvalue weighted by Crippen LogP contribution is 2.30. The van der Waals surface area contributed by atoms with Crippen molar-refractivity contribution in [3.8, 4) is 5.75 Å². The normalized spacial score (nSPS) is 19.2. The molecule has 2 aliphatic heterocycles. The maximum Gasteiger partial charge on any atom is 0.235 e. The molecule has 0 aliphatic carbocycles. The van der Waals surface area contributed by atoms with E-state index < -0.39 is 17.8 Å². The zero-order chi connectivity index (χ0) is 25.2. The second-order valence-corrected chi connectivity index (χ2v) is 9.94. The first-order chi connectivity index (χ1) is 17.4. The second-order valence-electron chi connectivity index (χ2n) is 8.92. The van der Waals surface area contributed by atoms with Crippen molar-refractivity contribution in [1.29, 1.82) is 0 Å². The number of ether oxygens (including phenoxy) is 1. The van der Waals surface area contributed by atoms with Crippen LogP contribution in [-0.2, 0) is 17.8 Å². The molecule has 2 atom stereocenters. The topological polar surface area (TPSA) is 79.4 Å². The van der Waals surface area contributed by atoms with Crippen molar-refractivity contribution in [3.05, 3.63) is 53.4 Å². The highest BCUT2D eigenvalue weighted by atomic mass is 35.5. The lowest BCUT2D eigenvalue weighted by Gasteiger charge is -2.35. The van der Waals surface area contributed by atoms with E-state index in [0.29, 0.717) is 60.7 Å². The van der Waals surface area contributed by atoms with Gasteiger partial charge in [0, 0.05) is 42.7 Å². The van der Waals surface area contributed by atoms with Crippen LogP contribution in [0.5, 0.6) is 5.75 Å². The van der Waals surface area contributed by atoms with Crippen molar-refractivity contribution in [1.82, 2.24) is 20.2 Å². The van der Waals surface area contributed by atoms with Gasteiger partial charge in [0.25, 0.3) is 0 Å². The number of nitrogens with zero attached hydrogens (tertiary/aromatic N) is 3. The van der Waals surface area contributed by atoms with E-state index >= 15 is 0 Å². The Bertz CT molecular complexity index is 1310. The Morgan fingerprint density at radius 2 is 2.05 bits per heavy atom. The number of piperidine rings is 1. The number of anilines is 1. The van der Waals surface area contributed by atoms with E-state index in [9.17, 15) is 18.0 Å². The van der Waals surface area contributed by atoms with Crippen molar-refractivity contribution < 1.29 is 22.7 Å². The summed E-state index contributed by atoms with van der Waals surface area (Å²) in [6.07, 6.45) is 0.801. The number of carbonyl (C=O) groups excluding carboxylic acids is 1. The van der Waals surface area contributed by atoms with Crippen molar-refractivity contribution in [2.75, 3.05) is 37.8 Å². The second kappa shape index (κ2) is 13.2. The predicted octanol–water partition coefficient (Wildman–Crippen LogP) is 4.55.